The fourth-order valence-corrected chi connectivity index (χ4v) is 3.91. The summed E-state index contributed by atoms with van der Waals surface area (Å²) in [4.78, 5) is 15.2. The Morgan fingerprint density at radius 3 is 2.92 bits per heavy atom. The number of hydrogen-bond donors (Lipinski definition) is 1. The third kappa shape index (κ3) is 3.23. The first-order valence-electron chi connectivity index (χ1n) is 9.80. The third-order valence-corrected chi connectivity index (χ3v) is 5.33. The molecule has 6 heteroatoms. The number of carbonyl (C=O) groups excluding carboxylic acids is 1. The van der Waals surface area contributed by atoms with E-state index < -0.39 is 0 Å². The van der Waals surface area contributed by atoms with Gasteiger partial charge in [-0.05, 0) is 32.3 Å². The molecule has 26 heavy (non-hydrogen) atoms. The lowest BCUT2D eigenvalue weighted by Crippen LogP contribution is -2.50. The highest BCUT2D eigenvalue weighted by Gasteiger charge is 2.41. The number of nitrogens with one attached hydrogen (secondary N) is 1. The molecule has 2 fully saturated rings. The van der Waals surface area contributed by atoms with Gasteiger partial charge < -0.3 is 15.0 Å². The number of nitrogens with zero attached hydrogens (tertiary/aromatic N) is 3. The van der Waals surface area contributed by atoms with Crippen LogP contribution in [0.1, 0.15) is 44.8 Å². The number of aryl methyl sites for hydroxylation is 1. The maximum Gasteiger partial charge on any atom is 0.253 e. The molecule has 1 amide bonds. The van der Waals surface area contributed by atoms with Crippen molar-refractivity contribution < 1.29 is 9.53 Å². The number of carbonyl (C=O) groups is 1. The summed E-state index contributed by atoms with van der Waals surface area (Å²) in [6.07, 6.45) is 2.80. The van der Waals surface area contributed by atoms with Crippen LogP contribution in [0.25, 0.3) is 10.9 Å². The van der Waals surface area contributed by atoms with Crippen molar-refractivity contribution in [1.29, 1.82) is 0 Å². The Morgan fingerprint density at radius 1 is 1.42 bits per heavy atom. The van der Waals surface area contributed by atoms with E-state index >= 15 is 0 Å². The SMILES string of the molecule is CCCn1nc(C(C)N(C(=O)[C@H]2CNCCO2)C2CC2)c2ccccc21. The predicted octanol–water partition coefficient (Wildman–Crippen LogP) is 2.49. The molecule has 1 aliphatic carbocycles. The normalized spacial score (nSPS) is 21.7. The summed E-state index contributed by atoms with van der Waals surface area (Å²) in [7, 11) is 0. The molecule has 1 aliphatic heterocycles. The molecule has 2 aliphatic rings. The number of ether oxygens (including phenoxy) is 1. The minimum Gasteiger partial charge on any atom is -0.366 e. The first-order valence-corrected chi connectivity index (χ1v) is 9.80. The number of amides is 1. The molecular weight excluding hydrogens is 328 g/mol. The number of rotatable bonds is 6. The zero-order chi connectivity index (χ0) is 18.1. The quantitative estimate of drug-likeness (QED) is 0.864. The zero-order valence-corrected chi connectivity index (χ0v) is 15.6. The maximum absolute atomic E-state index is 13.2. The average molecular weight is 356 g/mol. The average Bonchev–Trinajstić information content (AvgIpc) is 3.44. The molecule has 0 radical (unpaired) electrons. The summed E-state index contributed by atoms with van der Waals surface area (Å²) < 4.78 is 7.82. The van der Waals surface area contributed by atoms with Crippen LogP contribution in [-0.2, 0) is 16.1 Å². The molecule has 1 unspecified atom stereocenters. The summed E-state index contributed by atoms with van der Waals surface area (Å²) >= 11 is 0. The number of hydrogen-bond acceptors (Lipinski definition) is 4. The number of para-hydroxylation sites is 1. The lowest BCUT2D eigenvalue weighted by Gasteiger charge is -2.33. The van der Waals surface area contributed by atoms with E-state index in [4.69, 9.17) is 9.84 Å². The van der Waals surface area contributed by atoms with Gasteiger partial charge in [0.05, 0.1) is 23.9 Å². The fourth-order valence-electron chi connectivity index (χ4n) is 3.91. The van der Waals surface area contributed by atoms with Crippen molar-refractivity contribution in [2.45, 2.75) is 57.8 Å². The first-order chi connectivity index (χ1) is 12.7. The van der Waals surface area contributed by atoms with E-state index in [2.05, 4.69) is 42.0 Å². The second kappa shape index (κ2) is 7.37. The van der Waals surface area contributed by atoms with Gasteiger partial charge >= 0.3 is 0 Å². The van der Waals surface area contributed by atoms with Gasteiger partial charge in [-0.15, -0.1) is 0 Å². The van der Waals surface area contributed by atoms with Gasteiger partial charge in [-0.3, -0.25) is 9.48 Å². The van der Waals surface area contributed by atoms with Crippen LogP contribution in [0.3, 0.4) is 0 Å². The summed E-state index contributed by atoms with van der Waals surface area (Å²) in [5.41, 5.74) is 2.15. The van der Waals surface area contributed by atoms with Gasteiger partial charge in [-0.2, -0.15) is 5.10 Å². The Kier molecular flexibility index (Phi) is 4.96. The van der Waals surface area contributed by atoms with Gasteiger partial charge in [-0.25, -0.2) is 0 Å². The van der Waals surface area contributed by atoms with E-state index in [0.717, 1.165) is 48.9 Å². The Bertz CT molecular complexity index is 777. The Hall–Kier alpha value is -1.92. The summed E-state index contributed by atoms with van der Waals surface area (Å²) in [6, 6.07) is 8.60. The molecule has 1 saturated carbocycles. The first kappa shape index (κ1) is 17.5. The van der Waals surface area contributed by atoms with Crippen LogP contribution in [0, 0.1) is 0 Å². The van der Waals surface area contributed by atoms with Crippen molar-refractivity contribution in [2.75, 3.05) is 19.7 Å². The van der Waals surface area contributed by atoms with E-state index in [1.54, 1.807) is 0 Å². The molecule has 1 aromatic carbocycles. The molecule has 2 heterocycles. The largest absolute Gasteiger partial charge is 0.366 e. The van der Waals surface area contributed by atoms with Crippen LogP contribution in [0.5, 0.6) is 0 Å². The van der Waals surface area contributed by atoms with E-state index in [9.17, 15) is 4.79 Å². The Labute approximate surface area is 154 Å². The molecule has 2 aromatic rings. The zero-order valence-electron chi connectivity index (χ0n) is 15.6. The van der Waals surface area contributed by atoms with E-state index in [-0.39, 0.29) is 18.1 Å². The van der Waals surface area contributed by atoms with E-state index in [1.165, 1.54) is 0 Å². The maximum atomic E-state index is 13.2. The van der Waals surface area contributed by atoms with Crippen molar-refractivity contribution in [1.82, 2.24) is 20.0 Å². The molecular formula is C20H28N4O2. The van der Waals surface area contributed by atoms with Crippen LogP contribution < -0.4 is 5.32 Å². The fraction of sp³-hybridized carbons (Fsp3) is 0.600. The van der Waals surface area contributed by atoms with Crippen LogP contribution in [0.15, 0.2) is 24.3 Å². The smallest absolute Gasteiger partial charge is 0.253 e. The summed E-state index contributed by atoms with van der Waals surface area (Å²) in [6.45, 7) is 7.16. The molecule has 4 rings (SSSR count). The molecule has 1 saturated heterocycles. The van der Waals surface area contributed by atoms with Crippen molar-refractivity contribution in [3.05, 3.63) is 30.0 Å². The van der Waals surface area contributed by atoms with E-state index in [1.807, 2.05) is 11.0 Å². The summed E-state index contributed by atoms with van der Waals surface area (Å²) in [5, 5.41) is 9.32. The minimum atomic E-state index is -0.379. The Morgan fingerprint density at radius 2 is 2.23 bits per heavy atom. The predicted molar refractivity (Wildman–Crippen MR) is 101 cm³/mol. The van der Waals surface area contributed by atoms with E-state index in [0.29, 0.717) is 19.2 Å². The molecule has 2 atom stereocenters. The molecule has 6 nitrogen and oxygen atoms in total. The molecule has 0 spiro atoms. The number of aromatic nitrogens is 2. The van der Waals surface area contributed by atoms with Crippen LogP contribution in [0.2, 0.25) is 0 Å². The van der Waals surface area contributed by atoms with Gasteiger partial charge in [0.15, 0.2) is 0 Å². The van der Waals surface area contributed by atoms with Crippen molar-refractivity contribution in [3.63, 3.8) is 0 Å². The van der Waals surface area contributed by atoms with Crippen LogP contribution >= 0.6 is 0 Å². The highest BCUT2D eigenvalue weighted by Crippen LogP contribution is 2.37. The highest BCUT2D eigenvalue weighted by atomic mass is 16.5. The number of fused-ring (bicyclic) bond motifs is 1. The molecule has 1 aromatic heterocycles. The number of morpholine rings is 1. The monoisotopic (exact) mass is 356 g/mol. The lowest BCUT2D eigenvalue weighted by molar-refractivity contribution is -0.148. The summed E-state index contributed by atoms with van der Waals surface area (Å²) in [5.74, 6) is 0.0984. The van der Waals surface area contributed by atoms with Gasteiger partial charge in [0.2, 0.25) is 0 Å². The second-order valence-electron chi connectivity index (χ2n) is 7.34. The van der Waals surface area contributed by atoms with Gasteiger partial charge in [-0.1, -0.05) is 25.1 Å². The molecule has 1 N–H and O–H groups in total. The van der Waals surface area contributed by atoms with Gasteiger partial charge in [0.25, 0.3) is 5.91 Å². The standard InChI is InChI=1S/C20H28N4O2/c1-3-11-23-17-7-5-4-6-16(17)19(22-23)14(2)24(15-8-9-15)20(25)18-13-21-10-12-26-18/h4-7,14-15,18,21H,3,8-13H2,1-2H3/t14?,18-/m1/s1. The van der Waals surface area contributed by atoms with Crippen LogP contribution in [0.4, 0.5) is 0 Å². The number of benzene rings is 1. The van der Waals surface area contributed by atoms with Crippen LogP contribution in [-0.4, -0.2) is 52.4 Å². The highest BCUT2D eigenvalue weighted by molar-refractivity contribution is 5.85. The molecule has 140 valence electrons. The minimum absolute atomic E-state index is 0.0523. The Balaban J connectivity index is 1.67. The topological polar surface area (TPSA) is 59.4 Å². The van der Waals surface area contributed by atoms with Crippen molar-refractivity contribution in [2.24, 2.45) is 0 Å². The van der Waals surface area contributed by atoms with Gasteiger partial charge in [0, 0.05) is 31.1 Å². The van der Waals surface area contributed by atoms with Crippen molar-refractivity contribution in [3.8, 4) is 0 Å². The van der Waals surface area contributed by atoms with Gasteiger partial charge in [0.1, 0.15) is 6.10 Å². The lowest BCUT2D eigenvalue weighted by atomic mass is 10.1. The third-order valence-electron chi connectivity index (χ3n) is 5.33. The van der Waals surface area contributed by atoms with Crippen molar-refractivity contribution >= 4 is 16.8 Å². The molecule has 0 bridgehead atoms. The second-order valence-corrected chi connectivity index (χ2v) is 7.34.